The molecule has 0 aliphatic carbocycles. The summed E-state index contributed by atoms with van der Waals surface area (Å²) in [6.07, 6.45) is 19.1. The van der Waals surface area contributed by atoms with Crippen LogP contribution in [0.5, 0.6) is 0 Å². The summed E-state index contributed by atoms with van der Waals surface area (Å²) in [5.41, 5.74) is 0. The minimum absolute atomic E-state index is 0.269. The molecule has 0 radical (unpaired) electrons. The zero-order valence-electron chi connectivity index (χ0n) is 29.2. The highest BCUT2D eigenvalue weighted by Gasteiger charge is 2.15. The lowest BCUT2D eigenvalue weighted by Crippen LogP contribution is -2.06. The smallest absolute Gasteiger partial charge is 0.0597 e. The minimum Gasteiger partial charge on any atom is -0.400 e. The van der Waals surface area contributed by atoms with Crippen molar-refractivity contribution in [3.63, 3.8) is 0 Å². The number of hydrogen-bond acceptors (Lipinski definition) is 12. The molecule has 0 amide bonds. The molecular formula is C34H72O12. The lowest BCUT2D eigenvalue weighted by atomic mass is 10.2. The molecule has 6 heterocycles. The topological polar surface area (TPSA) is 177 Å². The second-order valence-corrected chi connectivity index (χ2v) is 11.2. The monoisotopic (exact) mass is 673 g/mol. The van der Waals surface area contributed by atoms with Gasteiger partial charge in [-0.25, -0.2) is 0 Å². The minimum atomic E-state index is 0.269. The molecule has 0 spiro atoms. The van der Waals surface area contributed by atoms with Crippen LogP contribution >= 0.6 is 0 Å². The summed E-state index contributed by atoms with van der Waals surface area (Å²) in [6, 6.07) is 0. The summed E-state index contributed by atoms with van der Waals surface area (Å²) >= 11 is 0. The molecule has 6 fully saturated rings. The van der Waals surface area contributed by atoms with E-state index in [0.29, 0.717) is 24.4 Å². The highest BCUT2D eigenvalue weighted by molar-refractivity contribution is 4.65. The molecule has 6 rings (SSSR count). The number of hydrogen-bond donors (Lipinski definition) is 6. The standard InChI is InChI=1S/4C6H12O2.2C4H8O.2CH4O/c4*7-4-3-6-2-1-5-8-6;2*1-2-4-5-3-1;2*1-2/h4*6-7H,1-5H2;2*1-4H2;2*2H,1H3. The van der Waals surface area contributed by atoms with E-state index in [1.807, 2.05) is 0 Å². The third-order valence-corrected chi connectivity index (χ3v) is 7.55. The highest BCUT2D eigenvalue weighted by Crippen LogP contribution is 2.16. The predicted molar refractivity (Wildman–Crippen MR) is 179 cm³/mol. The summed E-state index contributed by atoms with van der Waals surface area (Å²) in [6.45, 7) is 8.65. The molecule has 12 nitrogen and oxygen atoms in total. The Labute approximate surface area is 279 Å². The van der Waals surface area contributed by atoms with E-state index in [9.17, 15) is 0 Å². The Morgan fingerprint density at radius 3 is 0.674 bits per heavy atom. The molecule has 12 heteroatoms. The fraction of sp³-hybridized carbons (Fsp3) is 1.00. The molecule has 6 saturated heterocycles. The van der Waals surface area contributed by atoms with Gasteiger partial charge in [0.25, 0.3) is 0 Å². The van der Waals surface area contributed by atoms with E-state index in [2.05, 4.69) is 0 Å². The maximum atomic E-state index is 8.45. The van der Waals surface area contributed by atoms with Gasteiger partial charge in [0.05, 0.1) is 24.4 Å². The van der Waals surface area contributed by atoms with Crippen molar-refractivity contribution in [1.82, 2.24) is 0 Å². The molecular weight excluding hydrogens is 600 g/mol. The second-order valence-electron chi connectivity index (χ2n) is 11.2. The Morgan fingerprint density at radius 1 is 0.348 bits per heavy atom. The summed E-state index contributed by atoms with van der Waals surface area (Å²) < 4.78 is 30.8. The fourth-order valence-corrected chi connectivity index (χ4v) is 5.08. The highest BCUT2D eigenvalue weighted by atomic mass is 16.5. The van der Waals surface area contributed by atoms with Gasteiger partial charge in [-0.1, -0.05) is 0 Å². The Kier molecular flexibility index (Phi) is 42.1. The van der Waals surface area contributed by atoms with E-state index >= 15 is 0 Å². The summed E-state index contributed by atoms with van der Waals surface area (Å²) in [5.74, 6) is 0. The fourth-order valence-electron chi connectivity index (χ4n) is 5.08. The molecule has 46 heavy (non-hydrogen) atoms. The van der Waals surface area contributed by atoms with Crippen LogP contribution in [-0.2, 0) is 28.4 Å². The van der Waals surface area contributed by atoms with Gasteiger partial charge in [0.2, 0.25) is 0 Å². The van der Waals surface area contributed by atoms with Crippen LogP contribution < -0.4 is 0 Å². The molecule has 4 unspecified atom stereocenters. The molecule has 0 saturated carbocycles. The number of aliphatic hydroxyl groups is 6. The van der Waals surface area contributed by atoms with E-state index in [1.54, 1.807) is 0 Å². The third kappa shape index (κ3) is 32.1. The van der Waals surface area contributed by atoms with Crippen LogP contribution in [0.25, 0.3) is 0 Å². The van der Waals surface area contributed by atoms with Gasteiger partial charge in [-0.2, -0.15) is 0 Å². The van der Waals surface area contributed by atoms with Gasteiger partial charge in [0.15, 0.2) is 0 Å². The van der Waals surface area contributed by atoms with Crippen LogP contribution in [0.3, 0.4) is 0 Å². The molecule has 0 aromatic heterocycles. The van der Waals surface area contributed by atoms with Crippen molar-refractivity contribution in [3.8, 4) is 0 Å². The predicted octanol–water partition coefficient (Wildman–Crippen LogP) is 3.00. The molecule has 6 N–H and O–H groups in total. The number of ether oxygens (including phenoxy) is 6. The van der Waals surface area contributed by atoms with E-state index < -0.39 is 0 Å². The lowest BCUT2D eigenvalue weighted by molar-refractivity contribution is 0.0865. The van der Waals surface area contributed by atoms with Crippen LogP contribution in [0, 0.1) is 0 Å². The van der Waals surface area contributed by atoms with Crippen molar-refractivity contribution in [2.75, 3.05) is 93.5 Å². The van der Waals surface area contributed by atoms with Crippen LogP contribution in [0.1, 0.15) is 103 Å². The van der Waals surface area contributed by atoms with Crippen LogP contribution in [0.15, 0.2) is 0 Å². The Morgan fingerprint density at radius 2 is 0.565 bits per heavy atom. The largest absolute Gasteiger partial charge is 0.400 e. The maximum Gasteiger partial charge on any atom is 0.0597 e. The van der Waals surface area contributed by atoms with Gasteiger partial charge in [-0.3, -0.25) is 0 Å². The lowest BCUT2D eigenvalue weighted by Gasteiger charge is -2.03. The van der Waals surface area contributed by atoms with Crippen LogP contribution in [0.2, 0.25) is 0 Å². The van der Waals surface area contributed by atoms with E-state index in [-0.39, 0.29) is 26.4 Å². The Hall–Kier alpha value is -0.480. The first-order chi connectivity index (χ1) is 22.7. The summed E-state index contributed by atoms with van der Waals surface area (Å²) in [5, 5.41) is 47.8. The molecule has 6 aliphatic rings. The first-order valence-electron chi connectivity index (χ1n) is 17.7. The van der Waals surface area contributed by atoms with Crippen LogP contribution in [-0.4, -0.2) is 149 Å². The van der Waals surface area contributed by atoms with Gasteiger partial charge in [-0.05, 0) is 103 Å². The third-order valence-electron chi connectivity index (χ3n) is 7.55. The van der Waals surface area contributed by atoms with Gasteiger partial charge in [0.1, 0.15) is 0 Å². The molecule has 0 aromatic carbocycles. The molecule has 6 aliphatic heterocycles. The second kappa shape index (κ2) is 40.7. The van der Waals surface area contributed by atoms with Crippen molar-refractivity contribution in [2.24, 2.45) is 0 Å². The average Bonchev–Trinajstić information content (AvgIpc) is 3.95. The average molecular weight is 673 g/mol. The normalized spacial score (nSPS) is 25.6. The summed E-state index contributed by atoms with van der Waals surface area (Å²) in [7, 11) is 2.00. The first kappa shape index (κ1) is 47.6. The quantitative estimate of drug-likeness (QED) is 0.223. The van der Waals surface area contributed by atoms with E-state index in [4.69, 9.17) is 59.1 Å². The van der Waals surface area contributed by atoms with Crippen molar-refractivity contribution in [2.45, 2.75) is 127 Å². The zero-order chi connectivity index (χ0) is 34.4. The number of aliphatic hydroxyl groups excluding tert-OH is 6. The van der Waals surface area contributed by atoms with E-state index in [1.165, 1.54) is 51.4 Å². The zero-order valence-corrected chi connectivity index (χ0v) is 29.2. The Balaban J connectivity index is 0. The van der Waals surface area contributed by atoms with Crippen molar-refractivity contribution in [1.29, 1.82) is 0 Å². The maximum absolute atomic E-state index is 8.45. The Bertz CT molecular complexity index is 417. The van der Waals surface area contributed by atoms with Gasteiger partial charge >= 0.3 is 0 Å². The van der Waals surface area contributed by atoms with Crippen molar-refractivity contribution >= 4 is 0 Å². The van der Waals surface area contributed by atoms with Crippen molar-refractivity contribution in [3.05, 3.63) is 0 Å². The summed E-state index contributed by atoms with van der Waals surface area (Å²) in [4.78, 5) is 0. The molecule has 0 bridgehead atoms. The SMILES string of the molecule is C1CCOC1.C1CCOC1.CO.CO.OCCC1CCCO1.OCCC1CCCO1.OCCC1CCCO1.OCCC1CCCO1. The van der Waals surface area contributed by atoms with Crippen LogP contribution in [0.4, 0.5) is 0 Å². The van der Waals surface area contributed by atoms with Gasteiger partial charge < -0.3 is 59.1 Å². The first-order valence-corrected chi connectivity index (χ1v) is 17.7. The molecule has 4 atom stereocenters. The number of rotatable bonds is 8. The molecule has 280 valence electrons. The van der Waals surface area contributed by atoms with E-state index in [0.717, 1.165) is 118 Å². The van der Waals surface area contributed by atoms with Gasteiger partial charge in [0, 0.05) is 93.5 Å². The van der Waals surface area contributed by atoms with Gasteiger partial charge in [-0.15, -0.1) is 0 Å². The molecule has 0 aromatic rings. The van der Waals surface area contributed by atoms with Crippen molar-refractivity contribution < 1.29 is 59.1 Å².